The van der Waals surface area contributed by atoms with Gasteiger partial charge in [0.05, 0.1) is 11.3 Å². The van der Waals surface area contributed by atoms with Gasteiger partial charge in [-0.2, -0.15) is 0 Å². The second-order valence-electron chi connectivity index (χ2n) is 7.23. The van der Waals surface area contributed by atoms with Crippen molar-refractivity contribution in [2.24, 2.45) is 11.7 Å². The third kappa shape index (κ3) is 3.91. The van der Waals surface area contributed by atoms with E-state index in [1.807, 2.05) is 35.2 Å². The SMILES string of the molecule is NCCNC(=O)C1CCCN(C(=O)C2(c3ccccc3)CCOCC2)C1. The molecule has 0 bridgehead atoms. The molecule has 2 amide bonds. The highest BCUT2D eigenvalue weighted by atomic mass is 16.5. The third-order valence-corrected chi connectivity index (χ3v) is 5.61. The van der Waals surface area contributed by atoms with Crippen LogP contribution in [0.25, 0.3) is 0 Å². The van der Waals surface area contributed by atoms with E-state index < -0.39 is 5.41 Å². The van der Waals surface area contributed by atoms with Crippen LogP contribution in [0, 0.1) is 5.92 Å². The second kappa shape index (κ2) is 8.64. The van der Waals surface area contributed by atoms with E-state index in [1.54, 1.807) is 0 Å². The van der Waals surface area contributed by atoms with Crippen LogP contribution in [0.1, 0.15) is 31.2 Å². The average Bonchev–Trinajstić information content (AvgIpc) is 2.72. The van der Waals surface area contributed by atoms with Crippen LogP contribution in [-0.4, -0.2) is 56.1 Å². The molecule has 3 rings (SSSR count). The van der Waals surface area contributed by atoms with Crippen LogP contribution in [0.3, 0.4) is 0 Å². The Labute approximate surface area is 155 Å². The fourth-order valence-corrected chi connectivity index (χ4v) is 4.12. The van der Waals surface area contributed by atoms with Gasteiger partial charge in [0, 0.05) is 39.4 Å². The molecule has 2 heterocycles. The quantitative estimate of drug-likeness (QED) is 0.823. The van der Waals surface area contributed by atoms with E-state index in [9.17, 15) is 9.59 Å². The minimum atomic E-state index is -0.533. The molecule has 6 heteroatoms. The number of nitrogens with zero attached hydrogens (tertiary/aromatic N) is 1. The Balaban J connectivity index is 1.77. The fraction of sp³-hybridized carbons (Fsp3) is 0.600. The predicted molar refractivity (Wildman–Crippen MR) is 99.5 cm³/mol. The molecule has 142 valence electrons. The highest BCUT2D eigenvalue weighted by molar-refractivity contribution is 5.89. The molecule has 0 aromatic heterocycles. The Hall–Kier alpha value is -1.92. The number of carbonyl (C=O) groups is 2. The van der Waals surface area contributed by atoms with Crippen molar-refractivity contribution in [2.75, 3.05) is 39.4 Å². The highest BCUT2D eigenvalue weighted by Gasteiger charge is 2.45. The molecule has 1 atom stereocenters. The van der Waals surface area contributed by atoms with Gasteiger partial charge in [-0.3, -0.25) is 9.59 Å². The van der Waals surface area contributed by atoms with Crippen LogP contribution in [0.4, 0.5) is 0 Å². The molecule has 0 radical (unpaired) electrons. The first kappa shape index (κ1) is 18.9. The molecule has 0 aliphatic carbocycles. The Bertz CT molecular complexity index is 614. The van der Waals surface area contributed by atoms with E-state index in [2.05, 4.69) is 5.32 Å². The summed E-state index contributed by atoms with van der Waals surface area (Å²) in [5, 5.41) is 2.86. The lowest BCUT2D eigenvalue weighted by Crippen LogP contribution is -2.54. The zero-order valence-electron chi connectivity index (χ0n) is 15.3. The monoisotopic (exact) mass is 359 g/mol. The molecular formula is C20H29N3O3. The average molecular weight is 359 g/mol. The first-order valence-electron chi connectivity index (χ1n) is 9.58. The van der Waals surface area contributed by atoms with E-state index >= 15 is 0 Å². The minimum Gasteiger partial charge on any atom is -0.381 e. The minimum absolute atomic E-state index is 0.00805. The molecule has 2 saturated heterocycles. The molecule has 3 N–H and O–H groups in total. The number of hydrogen-bond acceptors (Lipinski definition) is 4. The molecule has 26 heavy (non-hydrogen) atoms. The number of carbonyl (C=O) groups excluding carboxylic acids is 2. The number of hydrogen-bond donors (Lipinski definition) is 2. The van der Waals surface area contributed by atoms with E-state index in [0.29, 0.717) is 45.7 Å². The van der Waals surface area contributed by atoms with Crippen molar-refractivity contribution < 1.29 is 14.3 Å². The van der Waals surface area contributed by atoms with E-state index in [0.717, 1.165) is 24.9 Å². The van der Waals surface area contributed by atoms with Crippen molar-refractivity contribution in [1.82, 2.24) is 10.2 Å². The van der Waals surface area contributed by atoms with Crippen molar-refractivity contribution in [3.8, 4) is 0 Å². The second-order valence-corrected chi connectivity index (χ2v) is 7.23. The molecule has 0 saturated carbocycles. The van der Waals surface area contributed by atoms with Crippen molar-refractivity contribution >= 4 is 11.8 Å². The summed E-state index contributed by atoms with van der Waals surface area (Å²) in [4.78, 5) is 27.8. The van der Waals surface area contributed by atoms with Crippen LogP contribution in [0.2, 0.25) is 0 Å². The molecule has 2 aliphatic rings. The van der Waals surface area contributed by atoms with E-state index in [1.165, 1.54) is 0 Å². The molecule has 1 unspecified atom stereocenters. The number of nitrogens with one attached hydrogen (secondary N) is 1. The van der Waals surface area contributed by atoms with Crippen molar-refractivity contribution in [3.63, 3.8) is 0 Å². The van der Waals surface area contributed by atoms with Crippen LogP contribution < -0.4 is 11.1 Å². The Kier molecular flexibility index (Phi) is 6.27. The molecular weight excluding hydrogens is 330 g/mol. The van der Waals surface area contributed by atoms with Gasteiger partial charge in [-0.1, -0.05) is 30.3 Å². The van der Waals surface area contributed by atoms with Crippen LogP contribution in [0.5, 0.6) is 0 Å². The summed E-state index contributed by atoms with van der Waals surface area (Å²) in [7, 11) is 0. The normalized spacial score (nSPS) is 22.7. The lowest BCUT2D eigenvalue weighted by molar-refractivity contribution is -0.144. The summed E-state index contributed by atoms with van der Waals surface area (Å²) in [6.07, 6.45) is 3.06. The van der Waals surface area contributed by atoms with Crippen molar-refractivity contribution in [3.05, 3.63) is 35.9 Å². The zero-order valence-corrected chi connectivity index (χ0v) is 15.3. The van der Waals surface area contributed by atoms with Gasteiger partial charge in [-0.25, -0.2) is 0 Å². The first-order chi connectivity index (χ1) is 12.7. The number of nitrogens with two attached hydrogens (primary N) is 1. The van der Waals surface area contributed by atoms with Gasteiger partial charge in [0.2, 0.25) is 11.8 Å². The predicted octanol–water partition coefficient (Wildman–Crippen LogP) is 1.05. The molecule has 2 fully saturated rings. The van der Waals surface area contributed by atoms with Gasteiger partial charge in [0.25, 0.3) is 0 Å². The third-order valence-electron chi connectivity index (χ3n) is 5.61. The fourth-order valence-electron chi connectivity index (χ4n) is 4.12. The molecule has 2 aliphatic heterocycles. The summed E-state index contributed by atoms with van der Waals surface area (Å²) in [6, 6.07) is 10.0. The Morgan fingerprint density at radius 1 is 1.23 bits per heavy atom. The maximum Gasteiger partial charge on any atom is 0.233 e. The Morgan fingerprint density at radius 3 is 2.65 bits per heavy atom. The smallest absolute Gasteiger partial charge is 0.233 e. The zero-order chi connectivity index (χ0) is 18.4. The number of likely N-dealkylation sites (tertiary alicyclic amines) is 1. The van der Waals surface area contributed by atoms with Crippen molar-refractivity contribution in [1.29, 1.82) is 0 Å². The number of amides is 2. The van der Waals surface area contributed by atoms with Gasteiger partial charge in [0.15, 0.2) is 0 Å². The first-order valence-corrected chi connectivity index (χ1v) is 9.58. The summed E-state index contributed by atoms with van der Waals surface area (Å²) in [5.74, 6) is 0.00364. The van der Waals surface area contributed by atoms with E-state index in [4.69, 9.17) is 10.5 Å². The number of ether oxygens (including phenoxy) is 1. The lowest BCUT2D eigenvalue weighted by atomic mass is 9.72. The largest absolute Gasteiger partial charge is 0.381 e. The topological polar surface area (TPSA) is 84.7 Å². The summed E-state index contributed by atoms with van der Waals surface area (Å²) in [5.41, 5.74) is 6.00. The summed E-state index contributed by atoms with van der Waals surface area (Å²) in [6.45, 7) is 3.30. The van der Waals surface area contributed by atoms with Gasteiger partial charge in [-0.15, -0.1) is 0 Å². The van der Waals surface area contributed by atoms with Gasteiger partial charge < -0.3 is 20.7 Å². The maximum absolute atomic E-state index is 13.6. The highest BCUT2D eigenvalue weighted by Crippen LogP contribution is 2.37. The maximum atomic E-state index is 13.6. The molecule has 1 aromatic carbocycles. The lowest BCUT2D eigenvalue weighted by Gasteiger charge is -2.42. The number of piperidine rings is 1. The molecule has 0 spiro atoms. The van der Waals surface area contributed by atoms with Gasteiger partial charge in [-0.05, 0) is 31.2 Å². The van der Waals surface area contributed by atoms with Crippen molar-refractivity contribution in [2.45, 2.75) is 31.1 Å². The van der Waals surface area contributed by atoms with Gasteiger partial charge >= 0.3 is 0 Å². The summed E-state index contributed by atoms with van der Waals surface area (Å²) >= 11 is 0. The van der Waals surface area contributed by atoms with E-state index in [-0.39, 0.29) is 17.7 Å². The van der Waals surface area contributed by atoms with Gasteiger partial charge in [0.1, 0.15) is 0 Å². The summed E-state index contributed by atoms with van der Waals surface area (Å²) < 4.78 is 5.54. The van der Waals surface area contributed by atoms with Crippen LogP contribution in [-0.2, 0) is 19.7 Å². The standard InChI is InChI=1S/C20H29N3O3/c21-10-11-22-18(24)16-5-4-12-23(15-16)19(25)20(8-13-26-14-9-20)17-6-2-1-3-7-17/h1-3,6-7,16H,4-5,8-15,21H2,(H,22,24). The Morgan fingerprint density at radius 2 is 1.96 bits per heavy atom. The number of benzene rings is 1. The molecule has 6 nitrogen and oxygen atoms in total. The molecule has 1 aromatic rings. The number of rotatable bonds is 5. The van der Waals surface area contributed by atoms with Crippen LogP contribution in [0.15, 0.2) is 30.3 Å². The van der Waals surface area contributed by atoms with Crippen LogP contribution >= 0.6 is 0 Å².